The first-order valence-corrected chi connectivity index (χ1v) is 8.10. The van der Waals surface area contributed by atoms with Crippen LogP contribution in [0.5, 0.6) is 0 Å². The van der Waals surface area contributed by atoms with E-state index in [0.29, 0.717) is 17.5 Å². The second-order valence-corrected chi connectivity index (χ2v) is 6.28. The van der Waals surface area contributed by atoms with Crippen molar-refractivity contribution in [3.8, 4) is 0 Å². The summed E-state index contributed by atoms with van der Waals surface area (Å²) in [7, 11) is 0. The Morgan fingerprint density at radius 1 is 1.28 bits per heavy atom. The minimum Gasteiger partial charge on any atom is -0.449 e. The van der Waals surface area contributed by atoms with Crippen molar-refractivity contribution in [3.05, 3.63) is 59.0 Å². The Labute approximate surface area is 144 Å². The number of amides is 2. The molecule has 2 aromatic heterocycles. The molecule has 4 rings (SSSR count). The van der Waals surface area contributed by atoms with Crippen LogP contribution in [0.2, 0.25) is 0 Å². The molecule has 0 saturated carbocycles. The van der Waals surface area contributed by atoms with Crippen molar-refractivity contribution in [2.24, 2.45) is 0 Å². The largest absolute Gasteiger partial charge is 0.449 e. The van der Waals surface area contributed by atoms with E-state index in [2.05, 4.69) is 15.6 Å². The molecule has 2 N–H and O–H groups in total. The number of carbonyl (C=O) groups is 2. The van der Waals surface area contributed by atoms with Crippen LogP contribution >= 0.6 is 0 Å². The summed E-state index contributed by atoms with van der Waals surface area (Å²) in [5, 5.41) is 5.73. The molecule has 126 valence electrons. The van der Waals surface area contributed by atoms with Gasteiger partial charge in [0.05, 0.1) is 12.5 Å². The molecule has 1 aliphatic rings. The Morgan fingerprint density at radius 3 is 2.96 bits per heavy atom. The second kappa shape index (κ2) is 5.73. The van der Waals surface area contributed by atoms with Gasteiger partial charge in [-0.3, -0.25) is 9.59 Å². The summed E-state index contributed by atoms with van der Waals surface area (Å²) in [6, 6.07) is 10.8. The van der Waals surface area contributed by atoms with Crippen LogP contribution in [0.15, 0.2) is 40.8 Å². The lowest BCUT2D eigenvalue weighted by molar-refractivity contribution is -0.115. The standard InChI is InChI=1S/C19H17N3O3/c1-10-3-6-16-15(20-10)9-17(25-16)19(24)21-11(2)12-4-5-14-13(7-12)8-18(23)22-14/h3-7,9,11H,8H2,1-2H3,(H,21,24)(H,22,23). The number of nitrogens with one attached hydrogen (secondary N) is 2. The molecule has 0 bridgehead atoms. The molecule has 0 saturated heterocycles. The summed E-state index contributed by atoms with van der Waals surface area (Å²) in [6.45, 7) is 3.79. The fourth-order valence-electron chi connectivity index (χ4n) is 3.01. The molecule has 0 fully saturated rings. The first-order valence-electron chi connectivity index (χ1n) is 8.10. The number of nitrogens with zero attached hydrogens (tertiary/aromatic N) is 1. The first-order chi connectivity index (χ1) is 12.0. The van der Waals surface area contributed by atoms with Gasteiger partial charge in [0.1, 0.15) is 5.52 Å². The van der Waals surface area contributed by atoms with Gasteiger partial charge in [0, 0.05) is 17.4 Å². The summed E-state index contributed by atoms with van der Waals surface area (Å²) in [6.07, 6.45) is 0.373. The maximum Gasteiger partial charge on any atom is 0.287 e. The van der Waals surface area contributed by atoms with E-state index in [9.17, 15) is 9.59 Å². The van der Waals surface area contributed by atoms with Crippen LogP contribution < -0.4 is 10.6 Å². The zero-order chi connectivity index (χ0) is 17.6. The highest BCUT2D eigenvalue weighted by atomic mass is 16.3. The monoisotopic (exact) mass is 335 g/mol. The Hall–Kier alpha value is -3.15. The summed E-state index contributed by atoms with van der Waals surface area (Å²) < 4.78 is 5.58. The highest BCUT2D eigenvalue weighted by Gasteiger charge is 2.20. The number of rotatable bonds is 3. The maximum atomic E-state index is 12.5. The van der Waals surface area contributed by atoms with Gasteiger partial charge in [-0.2, -0.15) is 0 Å². The summed E-state index contributed by atoms with van der Waals surface area (Å²) in [5.41, 5.74) is 4.85. The summed E-state index contributed by atoms with van der Waals surface area (Å²) >= 11 is 0. The first kappa shape index (κ1) is 15.4. The zero-order valence-electron chi connectivity index (χ0n) is 13.9. The number of carbonyl (C=O) groups excluding carboxylic acids is 2. The lowest BCUT2D eigenvalue weighted by atomic mass is 10.0. The Kier molecular flexibility index (Phi) is 3.53. The van der Waals surface area contributed by atoms with Crippen LogP contribution in [0.4, 0.5) is 5.69 Å². The minimum atomic E-state index is -0.294. The molecule has 25 heavy (non-hydrogen) atoms. The highest BCUT2D eigenvalue weighted by Crippen LogP contribution is 2.26. The van der Waals surface area contributed by atoms with Crippen LogP contribution in [0.1, 0.15) is 40.3 Å². The van der Waals surface area contributed by atoms with Gasteiger partial charge in [0.2, 0.25) is 5.91 Å². The molecule has 3 heterocycles. The van der Waals surface area contributed by atoms with Gasteiger partial charge in [0.15, 0.2) is 11.3 Å². The number of hydrogen-bond acceptors (Lipinski definition) is 4. The van der Waals surface area contributed by atoms with Crippen molar-refractivity contribution in [2.45, 2.75) is 26.3 Å². The number of aromatic nitrogens is 1. The highest BCUT2D eigenvalue weighted by molar-refractivity contribution is 5.99. The van der Waals surface area contributed by atoms with E-state index in [-0.39, 0.29) is 23.6 Å². The molecule has 0 aliphatic carbocycles. The molecule has 1 unspecified atom stereocenters. The van der Waals surface area contributed by atoms with Crippen molar-refractivity contribution in [1.82, 2.24) is 10.3 Å². The zero-order valence-corrected chi connectivity index (χ0v) is 13.9. The van der Waals surface area contributed by atoms with Crippen molar-refractivity contribution in [2.75, 3.05) is 5.32 Å². The summed E-state index contributed by atoms with van der Waals surface area (Å²) in [5.74, 6) is -0.0651. The number of benzene rings is 1. The number of furan rings is 1. The third kappa shape index (κ3) is 2.87. The van der Waals surface area contributed by atoms with Gasteiger partial charge in [-0.1, -0.05) is 12.1 Å². The topological polar surface area (TPSA) is 84.2 Å². The van der Waals surface area contributed by atoms with Crippen LogP contribution in [0, 0.1) is 6.92 Å². The number of pyridine rings is 1. The predicted molar refractivity (Wildman–Crippen MR) is 93.4 cm³/mol. The lowest BCUT2D eigenvalue weighted by Gasteiger charge is -2.14. The van der Waals surface area contributed by atoms with Crippen molar-refractivity contribution < 1.29 is 14.0 Å². The molecular formula is C19H17N3O3. The van der Waals surface area contributed by atoms with Crippen molar-refractivity contribution in [3.63, 3.8) is 0 Å². The van der Waals surface area contributed by atoms with E-state index < -0.39 is 0 Å². The van der Waals surface area contributed by atoms with E-state index in [1.165, 1.54) is 0 Å². The van der Waals surface area contributed by atoms with E-state index >= 15 is 0 Å². The smallest absolute Gasteiger partial charge is 0.287 e. The molecule has 0 spiro atoms. The van der Waals surface area contributed by atoms with Gasteiger partial charge in [-0.05, 0) is 43.2 Å². The Morgan fingerprint density at radius 2 is 2.12 bits per heavy atom. The number of aryl methyl sites for hydroxylation is 1. The molecule has 0 radical (unpaired) electrons. The molecule has 1 atom stereocenters. The molecular weight excluding hydrogens is 318 g/mol. The van der Waals surface area contributed by atoms with E-state index in [1.54, 1.807) is 6.07 Å². The van der Waals surface area contributed by atoms with Crippen molar-refractivity contribution >= 4 is 28.6 Å². The Balaban J connectivity index is 1.53. The molecule has 2 amide bonds. The predicted octanol–water partition coefficient (Wildman–Crippen LogP) is 3.12. The molecule has 3 aromatic rings. The quantitative estimate of drug-likeness (QED) is 0.770. The van der Waals surface area contributed by atoms with Gasteiger partial charge < -0.3 is 15.1 Å². The minimum absolute atomic E-state index is 0.00564. The third-order valence-corrected chi connectivity index (χ3v) is 4.34. The average Bonchev–Trinajstić information content (AvgIpc) is 3.15. The van der Waals surface area contributed by atoms with Crippen LogP contribution in [-0.4, -0.2) is 16.8 Å². The maximum absolute atomic E-state index is 12.5. The lowest BCUT2D eigenvalue weighted by Crippen LogP contribution is -2.26. The van der Waals surface area contributed by atoms with Gasteiger partial charge in [-0.15, -0.1) is 0 Å². The number of hydrogen-bond donors (Lipinski definition) is 2. The molecule has 1 aromatic carbocycles. The van der Waals surface area contributed by atoms with Gasteiger partial charge in [0.25, 0.3) is 5.91 Å². The fourth-order valence-corrected chi connectivity index (χ4v) is 3.01. The SMILES string of the molecule is Cc1ccc2oc(C(=O)NC(C)c3ccc4c(c3)CC(=O)N4)cc2n1. The van der Waals surface area contributed by atoms with E-state index in [0.717, 1.165) is 22.5 Å². The third-order valence-electron chi connectivity index (χ3n) is 4.34. The van der Waals surface area contributed by atoms with Gasteiger partial charge in [-0.25, -0.2) is 4.98 Å². The number of anilines is 1. The average molecular weight is 335 g/mol. The molecule has 6 nitrogen and oxygen atoms in total. The second-order valence-electron chi connectivity index (χ2n) is 6.28. The molecule has 6 heteroatoms. The van der Waals surface area contributed by atoms with Gasteiger partial charge >= 0.3 is 0 Å². The van der Waals surface area contributed by atoms with Crippen LogP contribution in [0.3, 0.4) is 0 Å². The fraction of sp³-hybridized carbons (Fsp3) is 0.211. The van der Waals surface area contributed by atoms with Crippen LogP contribution in [-0.2, 0) is 11.2 Å². The van der Waals surface area contributed by atoms with Crippen molar-refractivity contribution in [1.29, 1.82) is 0 Å². The Bertz CT molecular complexity index is 1010. The van der Waals surface area contributed by atoms with E-state index in [4.69, 9.17) is 4.42 Å². The summed E-state index contributed by atoms with van der Waals surface area (Å²) in [4.78, 5) is 28.3. The number of fused-ring (bicyclic) bond motifs is 2. The van der Waals surface area contributed by atoms with E-state index in [1.807, 2.05) is 44.2 Å². The van der Waals surface area contributed by atoms with Crippen LogP contribution in [0.25, 0.3) is 11.1 Å². The normalized spacial score (nSPS) is 14.2. The molecule has 1 aliphatic heterocycles.